The van der Waals surface area contributed by atoms with Crippen LogP contribution in [0.5, 0.6) is 0 Å². The van der Waals surface area contributed by atoms with Crippen molar-refractivity contribution < 1.29 is 32.4 Å². The molecule has 7 atom stereocenters. The summed E-state index contributed by atoms with van der Waals surface area (Å²) in [5.41, 5.74) is -1.81. The van der Waals surface area contributed by atoms with Crippen LogP contribution in [-0.2, 0) is 23.9 Å². The van der Waals surface area contributed by atoms with Crippen molar-refractivity contribution in [3.8, 4) is 0 Å². The van der Waals surface area contributed by atoms with Crippen LogP contribution in [0.2, 0.25) is 0 Å². The maximum atomic E-state index is 13.4. The molecule has 1 aromatic carbocycles. The van der Waals surface area contributed by atoms with Gasteiger partial charge in [0.15, 0.2) is 11.6 Å². The zero-order valence-corrected chi connectivity index (χ0v) is 23.0. The number of aliphatic hydroxyl groups excluding tert-OH is 1. The van der Waals surface area contributed by atoms with Gasteiger partial charge in [0.25, 0.3) is 10.1 Å². The van der Waals surface area contributed by atoms with Crippen molar-refractivity contribution in [1.29, 1.82) is 0 Å². The van der Waals surface area contributed by atoms with Gasteiger partial charge in [0.2, 0.25) is 0 Å². The van der Waals surface area contributed by atoms with E-state index in [1.807, 2.05) is 6.92 Å². The van der Waals surface area contributed by atoms with Crippen LogP contribution >= 0.6 is 15.9 Å². The van der Waals surface area contributed by atoms with E-state index in [0.29, 0.717) is 23.7 Å². The van der Waals surface area contributed by atoms with Gasteiger partial charge in [-0.25, -0.2) is 0 Å². The Morgan fingerprint density at radius 1 is 1.14 bits per heavy atom. The number of hydrogen-bond donors (Lipinski definition) is 2. The van der Waals surface area contributed by atoms with E-state index < -0.39 is 39.6 Å². The van der Waals surface area contributed by atoms with E-state index in [9.17, 15) is 28.2 Å². The zero-order valence-electron chi connectivity index (χ0n) is 20.6. The van der Waals surface area contributed by atoms with E-state index in [1.54, 1.807) is 18.2 Å². The van der Waals surface area contributed by atoms with Crippen molar-refractivity contribution in [2.75, 3.05) is 6.61 Å². The fourth-order valence-corrected chi connectivity index (χ4v) is 9.20. The predicted molar refractivity (Wildman–Crippen MR) is 135 cm³/mol. The zero-order chi connectivity index (χ0) is 26.1. The van der Waals surface area contributed by atoms with Crippen LogP contribution in [0.3, 0.4) is 0 Å². The first kappa shape index (κ1) is 26.2. The minimum Gasteiger partial charge on any atom is -0.393 e. The molecule has 36 heavy (non-hydrogen) atoms. The van der Waals surface area contributed by atoms with E-state index in [-0.39, 0.29) is 46.7 Å². The van der Waals surface area contributed by atoms with Crippen molar-refractivity contribution in [2.24, 2.45) is 28.6 Å². The molecule has 2 N–H and O–H groups in total. The first-order valence-electron chi connectivity index (χ1n) is 12.6. The van der Waals surface area contributed by atoms with Crippen molar-refractivity contribution in [3.05, 3.63) is 40.4 Å². The highest BCUT2D eigenvalue weighted by Crippen LogP contribution is 2.67. The monoisotopic (exact) mass is 580 g/mol. The number of allylic oxidation sites excluding steroid dienone is 1. The van der Waals surface area contributed by atoms with Gasteiger partial charge in [-0.15, -0.1) is 0 Å². The predicted octanol–water partition coefficient (Wildman–Crippen LogP) is 3.96. The van der Waals surface area contributed by atoms with Crippen molar-refractivity contribution in [2.45, 2.75) is 75.4 Å². The number of aliphatic hydroxyl groups is 2. The summed E-state index contributed by atoms with van der Waals surface area (Å²) >= 11 is 3.26. The van der Waals surface area contributed by atoms with Gasteiger partial charge < -0.3 is 10.2 Å². The molecule has 0 amide bonds. The summed E-state index contributed by atoms with van der Waals surface area (Å²) < 4.78 is 31.1. The Bertz CT molecular complexity index is 1230. The lowest BCUT2D eigenvalue weighted by Gasteiger charge is -2.60. The van der Waals surface area contributed by atoms with E-state index in [2.05, 4.69) is 22.9 Å². The standard InChI is InChI=1S/C27H33BrO7S/c1-25-11-9-18(29)13-16(25)3-8-20-21-10-12-27(32,26(21,2)14-22(30)24(20)25)23(31)15-35-36(33,34)19-6-4-17(28)5-7-19/h4-7,13,20-22,24,30,32H,3,8-12,14-15H2,1-2H3/t20-,21-,22-,24+,25-,26-,27-/m0/s1. The number of halogens is 1. The third kappa shape index (κ3) is 3.88. The van der Waals surface area contributed by atoms with Crippen LogP contribution < -0.4 is 0 Å². The largest absolute Gasteiger partial charge is 0.393 e. The van der Waals surface area contributed by atoms with Crippen LogP contribution in [0.25, 0.3) is 0 Å². The maximum absolute atomic E-state index is 13.4. The normalized spacial score (nSPS) is 40.1. The van der Waals surface area contributed by atoms with E-state index in [0.717, 1.165) is 18.4 Å². The smallest absolute Gasteiger partial charge is 0.297 e. The maximum Gasteiger partial charge on any atom is 0.297 e. The molecule has 0 aliphatic heterocycles. The number of fused-ring (bicyclic) bond motifs is 5. The lowest BCUT2D eigenvalue weighted by atomic mass is 9.45. The minimum atomic E-state index is -4.17. The van der Waals surface area contributed by atoms with Gasteiger partial charge >= 0.3 is 0 Å². The Hall–Kier alpha value is -1.39. The Labute approximate surface area is 220 Å². The van der Waals surface area contributed by atoms with Gasteiger partial charge in [-0.2, -0.15) is 8.42 Å². The molecule has 3 fully saturated rings. The SMILES string of the molecule is C[C@]12CCC(=O)C=C1CC[C@@H]1[C@@H]2[C@@H](O)C[C@@]2(C)[C@H]1CC[C@]2(O)C(=O)COS(=O)(=O)c1ccc(Br)cc1. The Morgan fingerprint density at radius 3 is 2.53 bits per heavy atom. The number of carbonyl (C=O) groups is 2. The van der Waals surface area contributed by atoms with Gasteiger partial charge in [-0.1, -0.05) is 35.4 Å². The molecule has 1 aromatic rings. The third-order valence-corrected chi connectivity index (χ3v) is 11.8. The summed E-state index contributed by atoms with van der Waals surface area (Å²) in [5, 5.41) is 23.2. The molecule has 0 aromatic heterocycles. The number of rotatable bonds is 5. The fourth-order valence-electron chi connectivity index (χ4n) is 8.07. The molecule has 0 unspecified atom stereocenters. The summed E-state index contributed by atoms with van der Waals surface area (Å²) in [6, 6.07) is 5.91. The number of Topliss-reactive ketones (excluding diaryl/α,β-unsaturated/α-hetero) is 1. The Morgan fingerprint density at radius 2 is 1.83 bits per heavy atom. The fraction of sp³-hybridized carbons (Fsp3) is 0.630. The highest BCUT2D eigenvalue weighted by Gasteiger charge is 2.68. The first-order chi connectivity index (χ1) is 16.8. The lowest BCUT2D eigenvalue weighted by Crippen LogP contribution is -2.62. The Balaban J connectivity index is 1.37. The molecular weight excluding hydrogens is 548 g/mol. The molecule has 0 saturated heterocycles. The number of benzene rings is 1. The molecule has 9 heteroatoms. The van der Waals surface area contributed by atoms with Gasteiger partial charge in [0.1, 0.15) is 12.2 Å². The quantitative estimate of drug-likeness (QED) is 0.506. The van der Waals surface area contributed by atoms with Crippen molar-refractivity contribution in [1.82, 2.24) is 0 Å². The van der Waals surface area contributed by atoms with Crippen LogP contribution in [-0.4, -0.2) is 48.5 Å². The average molecular weight is 582 g/mol. The van der Waals surface area contributed by atoms with Crippen molar-refractivity contribution in [3.63, 3.8) is 0 Å². The molecule has 7 nitrogen and oxygen atoms in total. The van der Waals surface area contributed by atoms with Crippen LogP contribution in [0.1, 0.15) is 58.8 Å². The molecule has 4 aliphatic carbocycles. The molecule has 0 heterocycles. The Kier molecular flexibility index (Phi) is 6.44. The van der Waals surface area contributed by atoms with Gasteiger partial charge in [0.05, 0.1) is 11.0 Å². The summed E-state index contributed by atoms with van der Waals surface area (Å²) in [4.78, 5) is 25.4. The van der Waals surface area contributed by atoms with Gasteiger partial charge in [-0.05, 0) is 92.0 Å². The molecule has 0 spiro atoms. The number of hydrogen-bond acceptors (Lipinski definition) is 7. The van der Waals surface area contributed by atoms with Crippen LogP contribution in [0.4, 0.5) is 0 Å². The van der Waals surface area contributed by atoms with E-state index in [4.69, 9.17) is 4.18 Å². The van der Waals surface area contributed by atoms with Crippen LogP contribution in [0, 0.1) is 28.6 Å². The summed E-state index contributed by atoms with van der Waals surface area (Å²) in [5.74, 6) is -0.419. The summed E-state index contributed by atoms with van der Waals surface area (Å²) in [6.45, 7) is 3.26. The highest BCUT2D eigenvalue weighted by molar-refractivity contribution is 9.10. The van der Waals surface area contributed by atoms with Gasteiger partial charge in [-0.3, -0.25) is 13.8 Å². The molecule has 5 rings (SSSR count). The highest BCUT2D eigenvalue weighted by atomic mass is 79.9. The molecule has 3 saturated carbocycles. The molecule has 4 aliphatic rings. The van der Waals surface area contributed by atoms with Crippen LogP contribution in [0.15, 0.2) is 45.3 Å². The molecule has 0 bridgehead atoms. The third-order valence-electron chi connectivity index (χ3n) is 9.96. The van der Waals surface area contributed by atoms with Crippen molar-refractivity contribution >= 4 is 37.6 Å². The minimum absolute atomic E-state index is 0.0129. The summed E-state index contributed by atoms with van der Waals surface area (Å²) in [6.07, 6.45) is 4.90. The van der Waals surface area contributed by atoms with E-state index >= 15 is 0 Å². The first-order valence-corrected chi connectivity index (χ1v) is 14.8. The second kappa shape index (κ2) is 8.83. The number of ketones is 2. The second-order valence-corrected chi connectivity index (χ2v) is 14.1. The number of carbonyl (C=O) groups excluding carboxylic acids is 2. The molecule has 0 radical (unpaired) electrons. The average Bonchev–Trinajstić information content (AvgIpc) is 3.09. The lowest BCUT2D eigenvalue weighted by molar-refractivity contribution is -0.181. The van der Waals surface area contributed by atoms with E-state index in [1.165, 1.54) is 12.1 Å². The summed E-state index contributed by atoms with van der Waals surface area (Å²) in [7, 11) is -4.17. The van der Waals surface area contributed by atoms with Gasteiger partial charge in [0, 0.05) is 16.3 Å². The molecule has 196 valence electrons. The topological polar surface area (TPSA) is 118 Å². The second-order valence-electron chi connectivity index (χ2n) is 11.6. The molecular formula is C27H33BrO7S.